The van der Waals surface area contributed by atoms with Gasteiger partial charge in [-0.2, -0.15) is 0 Å². The molecule has 1 aliphatic heterocycles. The van der Waals surface area contributed by atoms with Crippen LogP contribution < -0.4 is 10.6 Å². The molecule has 2 N–H and O–H groups in total. The number of nitrogens with one attached hydrogen (secondary N) is 2. The lowest BCUT2D eigenvalue weighted by Gasteiger charge is -2.30. The molecule has 0 aromatic rings. The maximum Gasteiger partial charge on any atom is 0.321 e. The van der Waals surface area contributed by atoms with Crippen molar-refractivity contribution in [2.24, 2.45) is 5.92 Å². The van der Waals surface area contributed by atoms with Crippen molar-refractivity contribution >= 4 is 17.9 Å². The number of urea groups is 1. The number of esters is 1. The number of hydrogen-bond acceptors (Lipinski definition) is 5. The molecule has 1 atom stereocenters. The van der Waals surface area contributed by atoms with E-state index in [-0.39, 0.29) is 30.4 Å². The van der Waals surface area contributed by atoms with Gasteiger partial charge in [-0.05, 0) is 39.2 Å². The zero-order valence-electron chi connectivity index (χ0n) is 13.8. The van der Waals surface area contributed by atoms with E-state index < -0.39 is 6.03 Å². The molecule has 1 saturated carbocycles. The first-order valence-corrected chi connectivity index (χ1v) is 8.57. The number of imide groups is 1. The van der Waals surface area contributed by atoms with Gasteiger partial charge in [0.25, 0.3) is 0 Å². The van der Waals surface area contributed by atoms with E-state index in [9.17, 15) is 14.4 Å². The first kappa shape index (κ1) is 17.7. The Morgan fingerprint density at radius 1 is 1.13 bits per heavy atom. The molecule has 1 unspecified atom stereocenters. The summed E-state index contributed by atoms with van der Waals surface area (Å²) in [6.45, 7) is 3.56. The van der Waals surface area contributed by atoms with Gasteiger partial charge < -0.3 is 10.1 Å². The number of ether oxygens (including phenoxy) is 1. The van der Waals surface area contributed by atoms with Crippen molar-refractivity contribution in [3.8, 4) is 0 Å². The fraction of sp³-hybridized carbons (Fsp3) is 0.812. The quantitative estimate of drug-likeness (QED) is 0.737. The molecule has 130 valence electrons. The number of carbonyl (C=O) groups is 3. The fourth-order valence-corrected chi connectivity index (χ4v) is 3.31. The van der Waals surface area contributed by atoms with Gasteiger partial charge in [-0.1, -0.05) is 12.8 Å². The largest absolute Gasteiger partial charge is 0.466 e. The van der Waals surface area contributed by atoms with Crippen LogP contribution in [-0.2, 0) is 14.3 Å². The second-order valence-corrected chi connectivity index (χ2v) is 6.33. The fourth-order valence-electron chi connectivity index (χ4n) is 3.31. The molecule has 0 aromatic carbocycles. The van der Waals surface area contributed by atoms with Gasteiger partial charge >= 0.3 is 12.0 Å². The summed E-state index contributed by atoms with van der Waals surface area (Å²) in [5, 5.41) is 5.20. The number of amides is 3. The Hall–Kier alpha value is -1.63. The van der Waals surface area contributed by atoms with Crippen LogP contribution in [0, 0.1) is 5.92 Å². The maximum atomic E-state index is 12.0. The minimum absolute atomic E-state index is 0.133. The Morgan fingerprint density at radius 3 is 2.57 bits per heavy atom. The Kier molecular flexibility index (Phi) is 6.83. The minimum atomic E-state index is -0.416. The standard InChI is InChI=1S/C16H27N3O4/c1-2-23-15(21)12-6-5-9-19(10-12)11-14(20)18-16(22)17-13-7-3-4-8-13/h12-13H,2-11H2,1H3,(H2,17,18,20,22). The van der Waals surface area contributed by atoms with Crippen molar-refractivity contribution in [3.63, 3.8) is 0 Å². The van der Waals surface area contributed by atoms with Crippen molar-refractivity contribution in [2.45, 2.75) is 51.5 Å². The van der Waals surface area contributed by atoms with Crippen molar-refractivity contribution in [1.29, 1.82) is 0 Å². The highest BCUT2D eigenvalue weighted by Crippen LogP contribution is 2.18. The zero-order chi connectivity index (χ0) is 16.7. The van der Waals surface area contributed by atoms with Crippen molar-refractivity contribution in [3.05, 3.63) is 0 Å². The Balaban J connectivity index is 1.71. The third-order valence-electron chi connectivity index (χ3n) is 4.44. The molecule has 3 amide bonds. The van der Waals surface area contributed by atoms with E-state index in [2.05, 4.69) is 10.6 Å². The van der Waals surface area contributed by atoms with Gasteiger partial charge in [-0.15, -0.1) is 0 Å². The van der Waals surface area contributed by atoms with Gasteiger partial charge in [0.05, 0.1) is 19.1 Å². The Bertz CT molecular complexity index is 435. The SMILES string of the molecule is CCOC(=O)C1CCCN(CC(=O)NC(=O)NC2CCCC2)C1. The highest BCUT2D eigenvalue weighted by Gasteiger charge is 2.28. The lowest BCUT2D eigenvalue weighted by atomic mass is 9.98. The first-order chi connectivity index (χ1) is 11.1. The number of nitrogens with zero attached hydrogens (tertiary/aromatic N) is 1. The van der Waals surface area contributed by atoms with Crippen LogP contribution in [0.1, 0.15) is 45.4 Å². The normalized spacial score (nSPS) is 22.6. The van der Waals surface area contributed by atoms with Crippen LogP contribution in [0.2, 0.25) is 0 Å². The highest BCUT2D eigenvalue weighted by atomic mass is 16.5. The van der Waals surface area contributed by atoms with Crippen LogP contribution in [0.15, 0.2) is 0 Å². The zero-order valence-corrected chi connectivity index (χ0v) is 13.8. The summed E-state index contributed by atoms with van der Waals surface area (Å²) in [6.07, 6.45) is 5.86. The molecule has 0 bridgehead atoms. The molecular weight excluding hydrogens is 298 g/mol. The van der Waals surface area contributed by atoms with E-state index in [0.717, 1.165) is 45.1 Å². The second-order valence-electron chi connectivity index (χ2n) is 6.33. The topological polar surface area (TPSA) is 87.7 Å². The highest BCUT2D eigenvalue weighted by molar-refractivity contribution is 5.95. The molecular formula is C16H27N3O4. The molecule has 2 aliphatic rings. The van der Waals surface area contributed by atoms with Gasteiger partial charge in [-0.25, -0.2) is 4.79 Å². The molecule has 7 heteroatoms. The first-order valence-electron chi connectivity index (χ1n) is 8.57. The monoisotopic (exact) mass is 325 g/mol. The summed E-state index contributed by atoms with van der Waals surface area (Å²) in [6, 6.07) is -0.230. The summed E-state index contributed by atoms with van der Waals surface area (Å²) in [4.78, 5) is 37.4. The van der Waals surface area contributed by atoms with E-state index in [0.29, 0.717) is 13.2 Å². The number of piperidine rings is 1. The van der Waals surface area contributed by atoms with Crippen molar-refractivity contribution < 1.29 is 19.1 Å². The van der Waals surface area contributed by atoms with Crippen molar-refractivity contribution in [1.82, 2.24) is 15.5 Å². The summed E-state index contributed by atoms with van der Waals surface area (Å²) in [5.41, 5.74) is 0. The average Bonchev–Trinajstić information content (AvgIpc) is 3.00. The van der Waals surface area contributed by atoms with Gasteiger partial charge in [0.1, 0.15) is 0 Å². The van der Waals surface area contributed by atoms with E-state index in [1.807, 2.05) is 4.90 Å². The van der Waals surface area contributed by atoms with Crippen LogP contribution in [-0.4, -0.2) is 55.1 Å². The molecule has 0 spiro atoms. The molecule has 0 aromatic heterocycles. The molecule has 1 heterocycles. The summed E-state index contributed by atoms with van der Waals surface area (Å²) in [5.74, 6) is -0.703. The molecule has 1 aliphatic carbocycles. The third kappa shape index (κ3) is 5.82. The van der Waals surface area contributed by atoms with E-state index >= 15 is 0 Å². The smallest absolute Gasteiger partial charge is 0.321 e. The minimum Gasteiger partial charge on any atom is -0.466 e. The van der Waals surface area contributed by atoms with Gasteiger partial charge in [0.2, 0.25) is 5.91 Å². The number of rotatable bonds is 5. The van der Waals surface area contributed by atoms with Gasteiger partial charge in [0.15, 0.2) is 0 Å². The van der Waals surface area contributed by atoms with Gasteiger partial charge in [0, 0.05) is 12.6 Å². The molecule has 2 fully saturated rings. The lowest BCUT2D eigenvalue weighted by molar-refractivity contribution is -0.150. The van der Waals surface area contributed by atoms with E-state index in [1.165, 1.54) is 0 Å². The summed E-state index contributed by atoms with van der Waals surface area (Å²) >= 11 is 0. The molecule has 7 nitrogen and oxygen atoms in total. The Morgan fingerprint density at radius 2 is 1.87 bits per heavy atom. The third-order valence-corrected chi connectivity index (χ3v) is 4.44. The van der Waals surface area contributed by atoms with Crippen LogP contribution in [0.4, 0.5) is 4.79 Å². The van der Waals surface area contributed by atoms with Crippen LogP contribution in [0.3, 0.4) is 0 Å². The molecule has 0 radical (unpaired) electrons. The lowest BCUT2D eigenvalue weighted by Crippen LogP contribution is -2.49. The van der Waals surface area contributed by atoms with E-state index in [1.54, 1.807) is 6.92 Å². The number of likely N-dealkylation sites (tertiary alicyclic amines) is 1. The van der Waals surface area contributed by atoms with Crippen LogP contribution in [0.5, 0.6) is 0 Å². The van der Waals surface area contributed by atoms with E-state index in [4.69, 9.17) is 4.74 Å². The molecule has 23 heavy (non-hydrogen) atoms. The molecule has 1 saturated heterocycles. The van der Waals surface area contributed by atoms with Crippen LogP contribution >= 0.6 is 0 Å². The number of carbonyl (C=O) groups excluding carboxylic acids is 3. The summed E-state index contributed by atoms with van der Waals surface area (Å²) < 4.78 is 5.04. The van der Waals surface area contributed by atoms with Crippen molar-refractivity contribution in [2.75, 3.05) is 26.2 Å². The number of hydrogen-bond donors (Lipinski definition) is 2. The Labute approximate surface area is 137 Å². The predicted octanol–water partition coefficient (Wildman–Crippen LogP) is 1.03. The predicted molar refractivity (Wildman–Crippen MR) is 84.7 cm³/mol. The average molecular weight is 325 g/mol. The van der Waals surface area contributed by atoms with Crippen LogP contribution in [0.25, 0.3) is 0 Å². The summed E-state index contributed by atoms with van der Waals surface area (Å²) in [7, 11) is 0. The second kappa shape index (κ2) is 8.86. The van der Waals surface area contributed by atoms with Gasteiger partial charge in [-0.3, -0.25) is 19.8 Å². The maximum absolute atomic E-state index is 12.0. The molecule has 2 rings (SSSR count).